The number of fused-ring (bicyclic) bond motifs is 1. The highest BCUT2D eigenvalue weighted by Gasteiger charge is 2.21. The molecule has 1 unspecified atom stereocenters. The molecule has 5 nitrogen and oxygen atoms in total. The summed E-state index contributed by atoms with van der Waals surface area (Å²) in [6.45, 7) is 3.63. The summed E-state index contributed by atoms with van der Waals surface area (Å²) in [5.74, 6) is 0.0813. The molecule has 1 aromatic heterocycles. The van der Waals surface area contributed by atoms with Gasteiger partial charge in [0.2, 0.25) is 0 Å². The standard InChI is InChI=1S/C19H20N2O3/c1-13(2)24-17(22)12-21-16-11-7-6-10-15(16)20-19(21)18(23)14-8-4-3-5-9-14/h3-11,13,18,23H,12H2,1-2H3. The molecule has 0 radical (unpaired) electrons. The fourth-order valence-corrected chi connectivity index (χ4v) is 2.68. The van der Waals surface area contributed by atoms with Gasteiger partial charge in [0, 0.05) is 0 Å². The van der Waals surface area contributed by atoms with E-state index in [1.54, 1.807) is 4.57 Å². The minimum atomic E-state index is -0.912. The number of hydrogen-bond donors (Lipinski definition) is 1. The highest BCUT2D eigenvalue weighted by Crippen LogP contribution is 2.25. The zero-order valence-electron chi connectivity index (χ0n) is 13.7. The van der Waals surface area contributed by atoms with E-state index in [4.69, 9.17) is 4.74 Å². The third kappa shape index (κ3) is 3.31. The summed E-state index contributed by atoms with van der Waals surface area (Å²) >= 11 is 0. The number of aromatic nitrogens is 2. The van der Waals surface area contributed by atoms with E-state index in [0.29, 0.717) is 5.82 Å². The number of hydrogen-bond acceptors (Lipinski definition) is 4. The van der Waals surface area contributed by atoms with Gasteiger partial charge in [-0.3, -0.25) is 4.79 Å². The molecule has 2 aromatic carbocycles. The predicted octanol–water partition coefficient (Wildman–Crippen LogP) is 3.07. The molecule has 0 saturated carbocycles. The summed E-state index contributed by atoms with van der Waals surface area (Å²) < 4.78 is 6.96. The molecule has 0 amide bonds. The fraction of sp³-hybridized carbons (Fsp3) is 0.263. The molecule has 0 saturated heterocycles. The number of para-hydroxylation sites is 2. The maximum Gasteiger partial charge on any atom is 0.326 e. The first kappa shape index (κ1) is 16.2. The number of aliphatic hydroxyl groups excluding tert-OH is 1. The Morgan fingerprint density at radius 2 is 1.79 bits per heavy atom. The van der Waals surface area contributed by atoms with Crippen LogP contribution in [0.2, 0.25) is 0 Å². The first-order chi connectivity index (χ1) is 11.6. The van der Waals surface area contributed by atoms with Crippen molar-refractivity contribution in [3.63, 3.8) is 0 Å². The quantitative estimate of drug-likeness (QED) is 0.733. The van der Waals surface area contributed by atoms with Crippen LogP contribution in [-0.4, -0.2) is 26.7 Å². The number of carbonyl (C=O) groups is 1. The van der Waals surface area contributed by atoms with Crippen molar-refractivity contribution in [2.45, 2.75) is 32.6 Å². The number of imidazole rings is 1. The number of benzene rings is 2. The van der Waals surface area contributed by atoms with Crippen LogP contribution in [0.1, 0.15) is 31.3 Å². The van der Waals surface area contributed by atoms with E-state index in [1.165, 1.54) is 0 Å². The average molecular weight is 324 g/mol. The van der Waals surface area contributed by atoms with Gasteiger partial charge in [0.25, 0.3) is 0 Å². The molecular formula is C19H20N2O3. The van der Waals surface area contributed by atoms with Gasteiger partial charge in [-0.1, -0.05) is 42.5 Å². The van der Waals surface area contributed by atoms with Crippen molar-refractivity contribution < 1.29 is 14.6 Å². The third-order valence-corrected chi connectivity index (χ3v) is 3.70. The zero-order chi connectivity index (χ0) is 17.1. The first-order valence-electron chi connectivity index (χ1n) is 7.94. The maximum absolute atomic E-state index is 12.1. The third-order valence-electron chi connectivity index (χ3n) is 3.70. The average Bonchev–Trinajstić information content (AvgIpc) is 2.93. The topological polar surface area (TPSA) is 64.3 Å². The predicted molar refractivity (Wildman–Crippen MR) is 91.5 cm³/mol. The van der Waals surface area contributed by atoms with Crippen molar-refractivity contribution >= 4 is 17.0 Å². The summed E-state index contributed by atoms with van der Waals surface area (Å²) in [6, 6.07) is 16.8. The van der Waals surface area contributed by atoms with Crippen molar-refractivity contribution in [1.29, 1.82) is 0 Å². The lowest BCUT2D eigenvalue weighted by molar-refractivity contribution is -0.148. The van der Waals surface area contributed by atoms with Crippen LogP contribution in [0.15, 0.2) is 54.6 Å². The Labute approximate surface area is 140 Å². The molecule has 5 heteroatoms. The van der Waals surface area contributed by atoms with E-state index in [1.807, 2.05) is 68.4 Å². The summed E-state index contributed by atoms with van der Waals surface area (Å²) in [5, 5.41) is 10.7. The Bertz CT molecular complexity index is 840. The van der Waals surface area contributed by atoms with E-state index in [-0.39, 0.29) is 18.6 Å². The summed E-state index contributed by atoms with van der Waals surface area (Å²) in [7, 11) is 0. The van der Waals surface area contributed by atoms with E-state index < -0.39 is 6.10 Å². The second-order valence-electron chi connectivity index (χ2n) is 5.90. The Hall–Kier alpha value is -2.66. The van der Waals surface area contributed by atoms with Crippen molar-refractivity contribution in [3.8, 4) is 0 Å². The number of aliphatic hydroxyl groups is 1. The Balaban J connectivity index is 2.03. The molecular weight excluding hydrogens is 304 g/mol. The molecule has 3 rings (SSSR count). The lowest BCUT2D eigenvalue weighted by atomic mass is 10.1. The van der Waals surface area contributed by atoms with Gasteiger partial charge in [-0.15, -0.1) is 0 Å². The molecule has 124 valence electrons. The maximum atomic E-state index is 12.1. The van der Waals surface area contributed by atoms with Gasteiger partial charge in [0.15, 0.2) is 0 Å². The lowest BCUT2D eigenvalue weighted by Crippen LogP contribution is -2.20. The molecule has 0 fully saturated rings. The molecule has 0 aliphatic heterocycles. The van der Waals surface area contributed by atoms with E-state index in [0.717, 1.165) is 16.6 Å². The second kappa shape index (κ2) is 6.84. The van der Waals surface area contributed by atoms with Crippen LogP contribution in [0, 0.1) is 0 Å². The minimum absolute atomic E-state index is 0.0118. The first-order valence-corrected chi connectivity index (χ1v) is 7.94. The largest absolute Gasteiger partial charge is 0.462 e. The fourth-order valence-electron chi connectivity index (χ4n) is 2.68. The number of rotatable bonds is 5. The smallest absolute Gasteiger partial charge is 0.326 e. The normalized spacial score (nSPS) is 12.5. The van der Waals surface area contributed by atoms with Gasteiger partial charge < -0.3 is 14.4 Å². The van der Waals surface area contributed by atoms with Gasteiger partial charge in [-0.05, 0) is 31.5 Å². The van der Waals surface area contributed by atoms with Crippen LogP contribution in [0.5, 0.6) is 0 Å². The lowest BCUT2D eigenvalue weighted by Gasteiger charge is -2.15. The van der Waals surface area contributed by atoms with Gasteiger partial charge in [0.05, 0.1) is 17.1 Å². The van der Waals surface area contributed by atoms with E-state index >= 15 is 0 Å². The van der Waals surface area contributed by atoms with Crippen molar-refractivity contribution in [1.82, 2.24) is 9.55 Å². The minimum Gasteiger partial charge on any atom is -0.462 e. The Kier molecular flexibility index (Phi) is 4.62. The molecule has 24 heavy (non-hydrogen) atoms. The zero-order valence-corrected chi connectivity index (χ0v) is 13.7. The number of esters is 1. The van der Waals surface area contributed by atoms with Gasteiger partial charge >= 0.3 is 5.97 Å². The van der Waals surface area contributed by atoms with Crippen LogP contribution in [0.25, 0.3) is 11.0 Å². The van der Waals surface area contributed by atoms with Gasteiger partial charge in [-0.25, -0.2) is 4.98 Å². The monoisotopic (exact) mass is 324 g/mol. The second-order valence-corrected chi connectivity index (χ2v) is 5.90. The van der Waals surface area contributed by atoms with Gasteiger partial charge in [-0.2, -0.15) is 0 Å². The SMILES string of the molecule is CC(C)OC(=O)Cn1c(C(O)c2ccccc2)nc2ccccc21. The van der Waals surface area contributed by atoms with Crippen LogP contribution in [0.4, 0.5) is 0 Å². The molecule has 0 bridgehead atoms. The molecule has 0 aliphatic rings. The summed E-state index contributed by atoms with van der Waals surface area (Å²) in [4.78, 5) is 16.6. The molecule has 1 atom stereocenters. The van der Waals surface area contributed by atoms with E-state index in [9.17, 15) is 9.90 Å². The Morgan fingerprint density at radius 1 is 1.12 bits per heavy atom. The van der Waals surface area contributed by atoms with Crippen LogP contribution in [-0.2, 0) is 16.1 Å². The number of ether oxygens (including phenoxy) is 1. The van der Waals surface area contributed by atoms with Crippen LogP contribution < -0.4 is 0 Å². The van der Waals surface area contributed by atoms with Crippen molar-refractivity contribution in [2.75, 3.05) is 0 Å². The highest BCUT2D eigenvalue weighted by atomic mass is 16.5. The highest BCUT2D eigenvalue weighted by molar-refractivity contribution is 5.79. The summed E-state index contributed by atoms with van der Waals surface area (Å²) in [5.41, 5.74) is 2.26. The van der Waals surface area contributed by atoms with Crippen molar-refractivity contribution in [3.05, 3.63) is 66.0 Å². The number of carbonyl (C=O) groups excluding carboxylic acids is 1. The molecule has 1 heterocycles. The Morgan fingerprint density at radius 3 is 2.50 bits per heavy atom. The molecule has 1 N–H and O–H groups in total. The molecule has 3 aromatic rings. The van der Waals surface area contributed by atoms with E-state index in [2.05, 4.69) is 4.98 Å². The molecule has 0 aliphatic carbocycles. The summed E-state index contributed by atoms with van der Waals surface area (Å²) in [6.07, 6.45) is -1.10. The van der Waals surface area contributed by atoms with Crippen molar-refractivity contribution in [2.24, 2.45) is 0 Å². The van der Waals surface area contributed by atoms with Crippen LogP contribution in [0.3, 0.4) is 0 Å². The number of nitrogens with zero attached hydrogens (tertiary/aromatic N) is 2. The molecule has 0 spiro atoms. The van der Waals surface area contributed by atoms with Crippen LogP contribution >= 0.6 is 0 Å². The van der Waals surface area contributed by atoms with Gasteiger partial charge in [0.1, 0.15) is 18.5 Å².